The molecule has 0 N–H and O–H groups in total. The number of unbranched alkanes of at least 4 members (excludes halogenated alkanes) is 2. The van der Waals surface area contributed by atoms with Gasteiger partial charge in [0.2, 0.25) is 0 Å². The molecule has 2 heteroatoms. The molecular weight excluding hydrogens is 224 g/mol. The molecule has 0 fully saturated rings. The lowest BCUT2D eigenvalue weighted by atomic mass is 9.58. The number of rotatable bonds is 10. The van der Waals surface area contributed by atoms with Crippen LogP contribution in [0.3, 0.4) is 0 Å². The topological polar surface area (TPSA) is 18.5 Å². The van der Waals surface area contributed by atoms with Crippen molar-refractivity contribution in [2.24, 2.45) is 16.7 Å². The predicted octanol–water partition coefficient (Wildman–Crippen LogP) is 4.53. The number of methoxy groups -OCH3 is 2. The molecule has 0 aliphatic rings. The van der Waals surface area contributed by atoms with E-state index in [1.54, 1.807) is 14.2 Å². The fourth-order valence-corrected chi connectivity index (χ4v) is 3.13. The Labute approximate surface area is 114 Å². The van der Waals surface area contributed by atoms with Gasteiger partial charge >= 0.3 is 0 Å². The first-order chi connectivity index (χ1) is 8.38. The van der Waals surface area contributed by atoms with E-state index in [1.165, 1.54) is 25.7 Å². The minimum atomic E-state index is 0.101. The third kappa shape index (κ3) is 4.24. The van der Waals surface area contributed by atoms with Gasteiger partial charge in [0.15, 0.2) is 0 Å². The summed E-state index contributed by atoms with van der Waals surface area (Å²) in [6.45, 7) is 13.1. The molecule has 0 saturated carbocycles. The van der Waals surface area contributed by atoms with Gasteiger partial charge in [-0.3, -0.25) is 0 Å². The molecule has 2 nitrogen and oxygen atoms in total. The number of hydrogen-bond acceptors (Lipinski definition) is 2. The summed E-state index contributed by atoms with van der Waals surface area (Å²) in [6.07, 6.45) is 5.13. The molecule has 18 heavy (non-hydrogen) atoms. The van der Waals surface area contributed by atoms with Crippen LogP contribution in [0.5, 0.6) is 0 Å². The number of ether oxygens (including phenoxy) is 2. The van der Waals surface area contributed by atoms with Crippen molar-refractivity contribution in [3.8, 4) is 0 Å². The Morgan fingerprint density at radius 2 is 1.44 bits per heavy atom. The average Bonchev–Trinajstić information content (AvgIpc) is 2.28. The maximum atomic E-state index is 5.53. The van der Waals surface area contributed by atoms with Gasteiger partial charge in [0.05, 0.1) is 13.2 Å². The Morgan fingerprint density at radius 3 is 1.78 bits per heavy atom. The third-order valence-corrected chi connectivity index (χ3v) is 4.66. The molecule has 0 bridgehead atoms. The van der Waals surface area contributed by atoms with Gasteiger partial charge in [-0.05, 0) is 17.8 Å². The van der Waals surface area contributed by atoms with Crippen LogP contribution < -0.4 is 0 Å². The van der Waals surface area contributed by atoms with E-state index in [-0.39, 0.29) is 10.8 Å². The summed E-state index contributed by atoms with van der Waals surface area (Å²) in [7, 11) is 3.60. The van der Waals surface area contributed by atoms with E-state index in [2.05, 4.69) is 34.6 Å². The lowest BCUT2D eigenvalue weighted by Gasteiger charge is -2.49. The van der Waals surface area contributed by atoms with Gasteiger partial charge in [-0.15, -0.1) is 0 Å². The highest BCUT2D eigenvalue weighted by Gasteiger charge is 2.47. The lowest BCUT2D eigenvalue weighted by Crippen LogP contribution is -2.49. The molecule has 0 rings (SSSR count). The van der Waals surface area contributed by atoms with E-state index >= 15 is 0 Å². The second kappa shape index (κ2) is 8.16. The Kier molecular flexibility index (Phi) is 8.13. The summed E-state index contributed by atoms with van der Waals surface area (Å²) in [5.41, 5.74) is 0.340. The molecule has 0 radical (unpaired) electrons. The standard InChI is InChI=1S/C16H34O2/c1-8-9-10-11-15(4,5)16(12-17-6,13-18-7)14(2)3/h14H,8-13H2,1-7H3. The summed E-state index contributed by atoms with van der Waals surface area (Å²) < 4.78 is 11.1. The van der Waals surface area contributed by atoms with E-state index in [0.717, 1.165) is 13.2 Å². The van der Waals surface area contributed by atoms with E-state index in [1.807, 2.05) is 0 Å². The zero-order valence-corrected chi connectivity index (χ0v) is 13.6. The first-order valence-electron chi connectivity index (χ1n) is 7.35. The van der Waals surface area contributed by atoms with Crippen LogP contribution in [0.4, 0.5) is 0 Å². The molecule has 0 spiro atoms. The SMILES string of the molecule is CCCCCC(C)(C)C(COC)(COC)C(C)C. The minimum absolute atomic E-state index is 0.101. The normalized spacial score (nSPS) is 13.3. The Hall–Kier alpha value is -0.0800. The van der Waals surface area contributed by atoms with Crippen LogP contribution in [0.2, 0.25) is 0 Å². The molecular formula is C16H34O2. The molecule has 0 aromatic rings. The molecule has 0 amide bonds. The van der Waals surface area contributed by atoms with Crippen molar-refractivity contribution in [1.29, 1.82) is 0 Å². The average molecular weight is 258 g/mol. The lowest BCUT2D eigenvalue weighted by molar-refractivity contribution is -0.102. The highest BCUT2D eigenvalue weighted by Crippen LogP contribution is 2.48. The summed E-state index contributed by atoms with van der Waals surface area (Å²) in [6, 6.07) is 0. The summed E-state index contributed by atoms with van der Waals surface area (Å²) in [5.74, 6) is 0.550. The van der Waals surface area contributed by atoms with E-state index in [0.29, 0.717) is 5.92 Å². The van der Waals surface area contributed by atoms with Gasteiger partial charge in [0.1, 0.15) is 0 Å². The third-order valence-electron chi connectivity index (χ3n) is 4.66. The maximum absolute atomic E-state index is 5.53. The molecule has 0 saturated heterocycles. The van der Waals surface area contributed by atoms with Crippen molar-refractivity contribution in [2.75, 3.05) is 27.4 Å². The second-order valence-corrected chi connectivity index (χ2v) is 6.52. The second-order valence-electron chi connectivity index (χ2n) is 6.52. The molecule has 110 valence electrons. The predicted molar refractivity (Wildman–Crippen MR) is 78.9 cm³/mol. The molecule has 0 heterocycles. The highest BCUT2D eigenvalue weighted by molar-refractivity contribution is 4.95. The van der Waals surface area contributed by atoms with Crippen LogP contribution in [0.1, 0.15) is 60.3 Å². The van der Waals surface area contributed by atoms with E-state index in [4.69, 9.17) is 9.47 Å². The van der Waals surface area contributed by atoms with Crippen molar-refractivity contribution in [3.05, 3.63) is 0 Å². The van der Waals surface area contributed by atoms with Crippen LogP contribution in [0, 0.1) is 16.7 Å². The smallest absolute Gasteiger partial charge is 0.0548 e. The zero-order valence-electron chi connectivity index (χ0n) is 13.6. The quantitative estimate of drug-likeness (QED) is 0.536. The first kappa shape index (κ1) is 17.9. The molecule has 0 aliphatic carbocycles. The van der Waals surface area contributed by atoms with Crippen LogP contribution in [0.15, 0.2) is 0 Å². The number of hydrogen-bond donors (Lipinski definition) is 0. The molecule has 0 aromatic carbocycles. The summed E-state index contributed by atoms with van der Waals surface area (Å²) in [4.78, 5) is 0. The van der Waals surface area contributed by atoms with Crippen LogP contribution >= 0.6 is 0 Å². The van der Waals surface area contributed by atoms with Crippen LogP contribution in [-0.2, 0) is 9.47 Å². The Bertz CT molecular complexity index is 203. The van der Waals surface area contributed by atoms with Gasteiger partial charge in [-0.2, -0.15) is 0 Å². The zero-order chi connectivity index (χ0) is 14.2. The highest BCUT2D eigenvalue weighted by atomic mass is 16.5. The van der Waals surface area contributed by atoms with E-state index in [9.17, 15) is 0 Å². The maximum Gasteiger partial charge on any atom is 0.0548 e. The van der Waals surface area contributed by atoms with Crippen molar-refractivity contribution in [2.45, 2.75) is 60.3 Å². The van der Waals surface area contributed by atoms with Crippen LogP contribution in [-0.4, -0.2) is 27.4 Å². The van der Waals surface area contributed by atoms with Crippen LogP contribution in [0.25, 0.3) is 0 Å². The van der Waals surface area contributed by atoms with Gasteiger partial charge in [0.25, 0.3) is 0 Å². The van der Waals surface area contributed by atoms with Gasteiger partial charge < -0.3 is 9.47 Å². The largest absolute Gasteiger partial charge is 0.384 e. The summed E-state index contributed by atoms with van der Waals surface area (Å²) in [5, 5.41) is 0. The van der Waals surface area contributed by atoms with Crippen molar-refractivity contribution >= 4 is 0 Å². The van der Waals surface area contributed by atoms with Crippen molar-refractivity contribution < 1.29 is 9.47 Å². The van der Waals surface area contributed by atoms with Gasteiger partial charge in [-0.25, -0.2) is 0 Å². The Balaban J connectivity index is 4.99. The minimum Gasteiger partial charge on any atom is -0.384 e. The molecule has 0 aromatic heterocycles. The molecule has 0 unspecified atom stereocenters. The molecule has 0 atom stereocenters. The first-order valence-corrected chi connectivity index (χ1v) is 7.35. The fourth-order valence-electron chi connectivity index (χ4n) is 3.13. The van der Waals surface area contributed by atoms with E-state index < -0.39 is 0 Å². The van der Waals surface area contributed by atoms with Crippen molar-refractivity contribution in [1.82, 2.24) is 0 Å². The fraction of sp³-hybridized carbons (Fsp3) is 1.00. The van der Waals surface area contributed by atoms with Crippen molar-refractivity contribution in [3.63, 3.8) is 0 Å². The summed E-state index contributed by atoms with van der Waals surface area (Å²) >= 11 is 0. The monoisotopic (exact) mass is 258 g/mol. The van der Waals surface area contributed by atoms with Gasteiger partial charge in [0, 0.05) is 19.6 Å². The Morgan fingerprint density at radius 1 is 0.944 bits per heavy atom. The van der Waals surface area contributed by atoms with Gasteiger partial charge in [-0.1, -0.05) is 53.9 Å². The molecule has 0 aliphatic heterocycles.